The lowest BCUT2D eigenvalue weighted by Crippen LogP contribution is -2.08. The van der Waals surface area contributed by atoms with Gasteiger partial charge in [-0.25, -0.2) is 4.79 Å². The highest BCUT2D eigenvalue weighted by atomic mass is 35.5. The second-order valence-electron chi connectivity index (χ2n) is 4.77. The van der Waals surface area contributed by atoms with Crippen LogP contribution in [0.2, 0.25) is 10.0 Å². The van der Waals surface area contributed by atoms with E-state index in [4.69, 9.17) is 27.9 Å². The largest absolute Gasteiger partial charge is 0.423 e. The molecule has 2 aromatic rings. The number of esters is 1. The van der Waals surface area contributed by atoms with E-state index in [9.17, 15) is 4.79 Å². The molecule has 0 bridgehead atoms. The Morgan fingerprint density at radius 3 is 2.05 bits per heavy atom. The third-order valence-corrected chi connectivity index (χ3v) is 3.29. The molecule has 2 rings (SSSR count). The second kappa shape index (κ2) is 6.29. The smallest absolute Gasteiger partial charge is 0.343 e. The molecule has 0 amide bonds. The lowest BCUT2D eigenvalue weighted by Gasteiger charge is -2.08. The summed E-state index contributed by atoms with van der Waals surface area (Å²) in [6.07, 6.45) is 0. The SMILES string of the molecule is CC(C)c1ccc(OC(=O)c2cc(Cl)cc(Cl)c2)cc1. The Labute approximate surface area is 128 Å². The van der Waals surface area contributed by atoms with Crippen molar-refractivity contribution in [3.8, 4) is 5.75 Å². The Morgan fingerprint density at radius 1 is 1.00 bits per heavy atom. The molecule has 0 aliphatic carbocycles. The van der Waals surface area contributed by atoms with Gasteiger partial charge in [-0.15, -0.1) is 0 Å². The summed E-state index contributed by atoms with van der Waals surface area (Å²) in [7, 11) is 0. The van der Waals surface area contributed by atoms with E-state index in [0.717, 1.165) is 0 Å². The first kappa shape index (κ1) is 14.9. The zero-order valence-electron chi connectivity index (χ0n) is 11.2. The lowest BCUT2D eigenvalue weighted by atomic mass is 10.0. The highest BCUT2D eigenvalue weighted by Crippen LogP contribution is 2.22. The van der Waals surface area contributed by atoms with E-state index in [-0.39, 0.29) is 0 Å². The average Bonchev–Trinajstić information content (AvgIpc) is 2.38. The number of carbonyl (C=O) groups excluding carboxylic acids is 1. The molecule has 0 aliphatic heterocycles. The van der Waals surface area contributed by atoms with Crippen LogP contribution in [0.25, 0.3) is 0 Å². The first-order valence-corrected chi connectivity index (χ1v) is 6.99. The van der Waals surface area contributed by atoms with Crippen LogP contribution in [0.4, 0.5) is 0 Å². The van der Waals surface area contributed by atoms with Crippen LogP contribution in [0, 0.1) is 0 Å². The van der Waals surface area contributed by atoms with Gasteiger partial charge in [-0.05, 0) is 41.8 Å². The number of halogens is 2. The van der Waals surface area contributed by atoms with Gasteiger partial charge in [-0.2, -0.15) is 0 Å². The summed E-state index contributed by atoms with van der Waals surface area (Å²) < 4.78 is 5.29. The molecule has 0 radical (unpaired) electrons. The van der Waals surface area contributed by atoms with Gasteiger partial charge >= 0.3 is 5.97 Å². The Hall–Kier alpha value is -1.51. The van der Waals surface area contributed by atoms with Crippen molar-refractivity contribution in [2.45, 2.75) is 19.8 Å². The molecule has 0 spiro atoms. The monoisotopic (exact) mass is 308 g/mol. The summed E-state index contributed by atoms with van der Waals surface area (Å²) in [6.45, 7) is 4.21. The normalized spacial score (nSPS) is 10.7. The summed E-state index contributed by atoms with van der Waals surface area (Å²) in [5.74, 6) is 0.452. The van der Waals surface area contributed by atoms with E-state index < -0.39 is 5.97 Å². The van der Waals surface area contributed by atoms with Gasteiger partial charge in [0.15, 0.2) is 0 Å². The number of hydrogen-bond acceptors (Lipinski definition) is 2. The first-order valence-electron chi connectivity index (χ1n) is 6.24. The van der Waals surface area contributed by atoms with Gasteiger partial charge in [-0.1, -0.05) is 49.2 Å². The molecular weight excluding hydrogens is 295 g/mol. The fourth-order valence-corrected chi connectivity index (χ4v) is 2.28. The molecule has 2 nitrogen and oxygen atoms in total. The molecule has 0 aromatic heterocycles. The van der Waals surface area contributed by atoms with Crippen LogP contribution in [0.3, 0.4) is 0 Å². The fraction of sp³-hybridized carbons (Fsp3) is 0.188. The Balaban J connectivity index is 2.14. The maximum absolute atomic E-state index is 12.0. The molecule has 2 aromatic carbocycles. The highest BCUT2D eigenvalue weighted by Gasteiger charge is 2.11. The van der Waals surface area contributed by atoms with E-state index in [1.807, 2.05) is 12.1 Å². The van der Waals surface area contributed by atoms with Gasteiger partial charge in [0.1, 0.15) is 5.75 Å². The molecule has 4 heteroatoms. The van der Waals surface area contributed by atoms with E-state index in [0.29, 0.717) is 27.3 Å². The van der Waals surface area contributed by atoms with Crippen molar-refractivity contribution in [3.63, 3.8) is 0 Å². The quantitative estimate of drug-likeness (QED) is 0.565. The molecule has 0 saturated heterocycles. The van der Waals surface area contributed by atoms with Crippen LogP contribution < -0.4 is 4.74 Å². The summed E-state index contributed by atoms with van der Waals surface area (Å²) in [6, 6.07) is 12.1. The third kappa shape index (κ3) is 3.75. The highest BCUT2D eigenvalue weighted by molar-refractivity contribution is 6.35. The minimum atomic E-state index is -0.480. The minimum absolute atomic E-state index is 0.329. The summed E-state index contributed by atoms with van der Waals surface area (Å²) in [5, 5.41) is 0.805. The number of benzene rings is 2. The number of carbonyl (C=O) groups is 1. The van der Waals surface area contributed by atoms with Crippen molar-refractivity contribution >= 4 is 29.2 Å². The van der Waals surface area contributed by atoms with Gasteiger partial charge < -0.3 is 4.74 Å². The number of rotatable bonds is 3. The van der Waals surface area contributed by atoms with Crippen LogP contribution >= 0.6 is 23.2 Å². The van der Waals surface area contributed by atoms with Gasteiger partial charge in [0, 0.05) is 10.0 Å². The van der Waals surface area contributed by atoms with Crippen molar-refractivity contribution in [1.29, 1.82) is 0 Å². The Kier molecular flexibility index (Phi) is 4.69. The number of ether oxygens (including phenoxy) is 1. The van der Waals surface area contributed by atoms with E-state index >= 15 is 0 Å². The molecular formula is C16H14Cl2O2. The Morgan fingerprint density at radius 2 is 1.55 bits per heavy atom. The van der Waals surface area contributed by atoms with E-state index in [2.05, 4.69) is 13.8 Å². The topological polar surface area (TPSA) is 26.3 Å². The number of hydrogen-bond donors (Lipinski definition) is 0. The van der Waals surface area contributed by atoms with Gasteiger partial charge in [0.2, 0.25) is 0 Å². The predicted octanol–water partition coefficient (Wildman–Crippen LogP) is 5.34. The molecule has 20 heavy (non-hydrogen) atoms. The molecule has 0 unspecified atom stereocenters. The maximum atomic E-state index is 12.0. The second-order valence-corrected chi connectivity index (χ2v) is 5.64. The van der Waals surface area contributed by atoms with Gasteiger partial charge in [0.05, 0.1) is 5.56 Å². The maximum Gasteiger partial charge on any atom is 0.343 e. The molecule has 0 saturated carbocycles. The van der Waals surface area contributed by atoms with Crippen molar-refractivity contribution < 1.29 is 9.53 Å². The van der Waals surface area contributed by atoms with Crippen LogP contribution in [0.1, 0.15) is 35.7 Å². The van der Waals surface area contributed by atoms with E-state index in [1.165, 1.54) is 17.7 Å². The van der Waals surface area contributed by atoms with Crippen LogP contribution in [-0.2, 0) is 0 Å². The predicted molar refractivity (Wildman–Crippen MR) is 82.0 cm³/mol. The van der Waals surface area contributed by atoms with Crippen molar-refractivity contribution in [2.24, 2.45) is 0 Å². The van der Waals surface area contributed by atoms with Crippen LogP contribution in [-0.4, -0.2) is 5.97 Å². The van der Waals surface area contributed by atoms with Crippen LogP contribution in [0.15, 0.2) is 42.5 Å². The molecule has 0 heterocycles. The molecule has 0 fully saturated rings. The minimum Gasteiger partial charge on any atom is -0.423 e. The molecule has 0 atom stereocenters. The van der Waals surface area contributed by atoms with Crippen molar-refractivity contribution in [1.82, 2.24) is 0 Å². The Bertz CT molecular complexity index is 599. The third-order valence-electron chi connectivity index (χ3n) is 2.86. The zero-order valence-corrected chi connectivity index (χ0v) is 12.7. The lowest BCUT2D eigenvalue weighted by molar-refractivity contribution is 0.0734. The van der Waals surface area contributed by atoms with Crippen molar-refractivity contribution in [2.75, 3.05) is 0 Å². The average molecular weight is 309 g/mol. The van der Waals surface area contributed by atoms with Gasteiger partial charge in [0.25, 0.3) is 0 Å². The summed E-state index contributed by atoms with van der Waals surface area (Å²) >= 11 is 11.7. The first-order chi connectivity index (χ1) is 9.45. The van der Waals surface area contributed by atoms with E-state index in [1.54, 1.807) is 18.2 Å². The molecule has 0 N–H and O–H groups in total. The zero-order chi connectivity index (χ0) is 14.7. The fourth-order valence-electron chi connectivity index (χ4n) is 1.76. The summed E-state index contributed by atoms with van der Waals surface area (Å²) in [4.78, 5) is 12.0. The molecule has 0 aliphatic rings. The molecule has 104 valence electrons. The standard InChI is InChI=1S/C16H14Cl2O2/c1-10(2)11-3-5-15(6-4-11)20-16(19)12-7-13(17)9-14(18)8-12/h3-10H,1-2H3. The van der Waals surface area contributed by atoms with Crippen LogP contribution in [0.5, 0.6) is 5.75 Å². The van der Waals surface area contributed by atoms with Crippen molar-refractivity contribution in [3.05, 3.63) is 63.6 Å². The van der Waals surface area contributed by atoms with Gasteiger partial charge in [-0.3, -0.25) is 0 Å². The summed E-state index contributed by atoms with van der Waals surface area (Å²) in [5.41, 5.74) is 1.52.